The second kappa shape index (κ2) is 4.72. The van der Waals surface area contributed by atoms with E-state index >= 15 is 0 Å². The Morgan fingerprint density at radius 1 is 1.67 bits per heavy atom. The fourth-order valence-electron chi connectivity index (χ4n) is 1.03. The van der Waals surface area contributed by atoms with E-state index in [4.69, 9.17) is 23.8 Å². The Balaban J connectivity index is 2.92. The van der Waals surface area contributed by atoms with Gasteiger partial charge in [0.05, 0.1) is 16.6 Å². The molecule has 1 unspecified atom stereocenters. The predicted octanol–water partition coefficient (Wildman–Crippen LogP) is 1.67. The molecule has 0 saturated carbocycles. The number of benzene rings is 1. The first-order valence-electron chi connectivity index (χ1n) is 4.36. The van der Waals surface area contributed by atoms with Gasteiger partial charge in [0.25, 0.3) is 5.91 Å². The largest absolute Gasteiger partial charge is 0.399 e. The van der Waals surface area contributed by atoms with E-state index in [1.54, 1.807) is 19.1 Å². The molecule has 1 atom stereocenters. The number of anilines is 1. The number of nitrogens with one attached hydrogen (secondary N) is 1. The molecule has 0 bridgehead atoms. The summed E-state index contributed by atoms with van der Waals surface area (Å²) in [4.78, 5) is 11.6. The Kier molecular flexibility index (Phi) is 3.59. The molecule has 3 N–H and O–H groups in total. The average molecular weight is 223 g/mol. The monoisotopic (exact) mass is 222 g/mol. The van der Waals surface area contributed by atoms with Crippen LogP contribution in [0.2, 0.25) is 5.02 Å². The second-order valence-corrected chi connectivity index (χ2v) is 3.51. The van der Waals surface area contributed by atoms with Crippen LogP contribution in [0.3, 0.4) is 0 Å². The summed E-state index contributed by atoms with van der Waals surface area (Å²) in [6.45, 7) is 1.71. The van der Waals surface area contributed by atoms with Gasteiger partial charge >= 0.3 is 0 Å². The fraction of sp³-hybridized carbons (Fsp3) is 0.182. The van der Waals surface area contributed by atoms with E-state index in [-0.39, 0.29) is 11.9 Å². The molecule has 0 aliphatic carbocycles. The summed E-state index contributed by atoms with van der Waals surface area (Å²) in [5.41, 5.74) is 6.37. The lowest BCUT2D eigenvalue weighted by atomic mass is 10.2. The van der Waals surface area contributed by atoms with Crippen molar-refractivity contribution in [1.82, 2.24) is 5.32 Å². The molecule has 0 aromatic heterocycles. The number of carbonyl (C=O) groups excluding carboxylic acids is 1. The third-order valence-corrected chi connectivity index (χ3v) is 2.16. The van der Waals surface area contributed by atoms with Crippen LogP contribution < -0.4 is 11.1 Å². The summed E-state index contributed by atoms with van der Waals surface area (Å²) in [6, 6.07) is 4.38. The van der Waals surface area contributed by atoms with Gasteiger partial charge < -0.3 is 11.1 Å². The standard InChI is InChI=1S/C11H11ClN2O/c1-3-7(2)14-11(15)9-6-8(13)4-5-10(9)12/h1,4-7H,13H2,2H3,(H,14,15). The smallest absolute Gasteiger partial charge is 0.253 e. The number of rotatable bonds is 2. The zero-order valence-corrected chi connectivity index (χ0v) is 9.01. The van der Waals surface area contributed by atoms with Crippen LogP contribution in [0.4, 0.5) is 5.69 Å². The third-order valence-electron chi connectivity index (χ3n) is 1.83. The highest BCUT2D eigenvalue weighted by atomic mass is 35.5. The normalized spacial score (nSPS) is 11.5. The van der Waals surface area contributed by atoms with E-state index in [0.29, 0.717) is 16.3 Å². The SMILES string of the molecule is C#CC(C)NC(=O)c1cc(N)ccc1Cl. The van der Waals surface area contributed by atoms with Crippen molar-refractivity contribution in [3.8, 4) is 12.3 Å². The number of nitrogen functional groups attached to an aromatic ring is 1. The minimum Gasteiger partial charge on any atom is -0.399 e. The molecular formula is C11H11ClN2O. The molecule has 1 aromatic rings. The third kappa shape index (κ3) is 2.90. The molecule has 0 spiro atoms. The maximum Gasteiger partial charge on any atom is 0.253 e. The topological polar surface area (TPSA) is 55.1 Å². The van der Waals surface area contributed by atoms with Crippen LogP contribution in [0.15, 0.2) is 18.2 Å². The van der Waals surface area contributed by atoms with Gasteiger partial charge in [-0.2, -0.15) is 0 Å². The number of hydrogen-bond donors (Lipinski definition) is 2. The van der Waals surface area contributed by atoms with Gasteiger partial charge in [0, 0.05) is 5.69 Å². The lowest BCUT2D eigenvalue weighted by molar-refractivity contribution is 0.0948. The lowest BCUT2D eigenvalue weighted by Gasteiger charge is -2.09. The van der Waals surface area contributed by atoms with Crippen LogP contribution in [0.25, 0.3) is 0 Å². The number of halogens is 1. The molecule has 1 aromatic carbocycles. The number of terminal acetylenes is 1. The van der Waals surface area contributed by atoms with Crippen molar-refractivity contribution < 1.29 is 4.79 Å². The van der Waals surface area contributed by atoms with Crippen molar-refractivity contribution in [1.29, 1.82) is 0 Å². The number of nitrogens with two attached hydrogens (primary N) is 1. The van der Waals surface area contributed by atoms with Crippen molar-refractivity contribution in [2.24, 2.45) is 0 Å². The van der Waals surface area contributed by atoms with Gasteiger partial charge in [-0.05, 0) is 25.1 Å². The zero-order chi connectivity index (χ0) is 11.4. The second-order valence-electron chi connectivity index (χ2n) is 3.10. The van der Waals surface area contributed by atoms with Gasteiger partial charge in [0.15, 0.2) is 0 Å². The molecule has 0 saturated heterocycles. The van der Waals surface area contributed by atoms with Crippen molar-refractivity contribution in [3.05, 3.63) is 28.8 Å². The first kappa shape index (κ1) is 11.4. The zero-order valence-electron chi connectivity index (χ0n) is 8.25. The Morgan fingerprint density at radius 3 is 2.93 bits per heavy atom. The van der Waals surface area contributed by atoms with E-state index in [0.717, 1.165) is 0 Å². The minimum absolute atomic E-state index is 0.322. The number of amides is 1. The molecule has 1 rings (SSSR count). The molecule has 15 heavy (non-hydrogen) atoms. The summed E-state index contributed by atoms with van der Waals surface area (Å²) in [5.74, 6) is 2.07. The van der Waals surface area contributed by atoms with Crippen LogP contribution in [-0.4, -0.2) is 11.9 Å². The van der Waals surface area contributed by atoms with Crippen LogP contribution in [0.1, 0.15) is 17.3 Å². The Labute approximate surface area is 93.6 Å². The highest BCUT2D eigenvalue weighted by molar-refractivity contribution is 6.34. The van der Waals surface area contributed by atoms with E-state index in [1.807, 2.05) is 0 Å². The predicted molar refractivity (Wildman–Crippen MR) is 61.6 cm³/mol. The summed E-state index contributed by atoms with van der Waals surface area (Å²) < 4.78 is 0. The quantitative estimate of drug-likeness (QED) is 0.591. The fourth-order valence-corrected chi connectivity index (χ4v) is 1.24. The molecule has 0 radical (unpaired) electrons. The molecular weight excluding hydrogens is 212 g/mol. The van der Waals surface area contributed by atoms with Gasteiger partial charge in [0.1, 0.15) is 0 Å². The molecule has 4 heteroatoms. The van der Waals surface area contributed by atoms with E-state index < -0.39 is 0 Å². The van der Waals surface area contributed by atoms with Gasteiger partial charge in [-0.15, -0.1) is 6.42 Å². The number of carbonyl (C=O) groups is 1. The minimum atomic E-state index is -0.338. The van der Waals surface area contributed by atoms with Crippen molar-refractivity contribution in [3.63, 3.8) is 0 Å². The molecule has 0 heterocycles. The van der Waals surface area contributed by atoms with E-state index in [2.05, 4.69) is 11.2 Å². The van der Waals surface area contributed by atoms with E-state index in [1.165, 1.54) is 6.07 Å². The molecule has 0 aliphatic heterocycles. The van der Waals surface area contributed by atoms with Gasteiger partial charge in [0.2, 0.25) is 0 Å². The first-order chi connectivity index (χ1) is 7.04. The number of hydrogen-bond acceptors (Lipinski definition) is 2. The molecule has 0 fully saturated rings. The Bertz CT molecular complexity index is 423. The van der Waals surface area contributed by atoms with Crippen LogP contribution >= 0.6 is 11.6 Å². The summed E-state index contributed by atoms with van der Waals surface area (Å²) in [6.07, 6.45) is 5.14. The van der Waals surface area contributed by atoms with Crippen molar-refractivity contribution in [2.75, 3.05) is 5.73 Å². The molecule has 3 nitrogen and oxygen atoms in total. The highest BCUT2D eigenvalue weighted by Crippen LogP contribution is 2.18. The summed E-state index contributed by atoms with van der Waals surface area (Å²) in [7, 11) is 0. The Hall–Kier alpha value is -1.66. The average Bonchev–Trinajstić information content (AvgIpc) is 2.21. The van der Waals surface area contributed by atoms with Gasteiger partial charge in [-0.1, -0.05) is 17.5 Å². The molecule has 78 valence electrons. The van der Waals surface area contributed by atoms with Gasteiger partial charge in [-0.25, -0.2) is 0 Å². The van der Waals surface area contributed by atoms with Crippen LogP contribution in [0.5, 0.6) is 0 Å². The van der Waals surface area contributed by atoms with Gasteiger partial charge in [-0.3, -0.25) is 4.79 Å². The summed E-state index contributed by atoms with van der Waals surface area (Å²) in [5, 5.41) is 2.95. The lowest BCUT2D eigenvalue weighted by Crippen LogP contribution is -2.31. The molecule has 1 amide bonds. The van der Waals surface area contributed by atoms with Crippen LogP contribution in [0, 0.1) is 12.3 Å². The van der Waals surface area contributed by atoms with Crippen molar-refractivity contribution >= 4 is 23.2 Å². The first-order valence-corrected chi connectivity index (χ1v) is 4.74. The van der Waals surface area contributed by atoms with Crippen LogP contribution in [-0.2, 0) is 0 Å². The van der Waals surface area contributed by atoms with E-state index in [9.17, 15) is 4.79 Å². The summed E-state index contributed by atoms with van der Waals surface area (Å²) >= 11 is 5.85. The van der Waals surface area contributed by atoms with Crippen molar-refractivity contribution in [2.45, 2.75) is 13.0 Å². The maximum atomic E-state index is 11.6. The molecule has 0 aliphatic rings. The Morgan fingerprint density at radius 2 is 2.33 bits per heavy atom. The maximum absolute atomic E-state index is 11.6. The highest BCUT2D eigenvalue weighted by Gasteiger charge is 2.11.